The number of benzene rings is 2. The van der Waals surface area contributed by atoms with E-state index >= 15 is 0 Å². The Labute approximate surface area is 176 Å². The Hall–Kier alpha value is -3.11. The minimum Gasteiger partial charge on any atom is -0.502 e. The topological polar surface area (TPSA) is 118 Å². The lowest BCUT2D eigenvalue weighted by molar-refractivity contribution is 0.0955. The first kappa shape index (κ1) is 23.2. The zero-order valence-corrected chi connectivity index (χ0v) is 18.1. The molecule has 10 heteroatoms. The summed E-state index contributed by atoms with van der Waals surface area (Å²) in [5.41, 5.74) is 3.02. The molecule has 0 unspecified atom stereocenters. The van der Waals surface area contributed by atoms with E-state index in [0.29, 0.717) is 18.7 Å². The monoisotopic (exact) mass is 435 g/mol. The molecule has 0 heterocycles. The second-order valence-electron chi connectivity index (χ2n) is 6.09. The lowest BCUT2D eigenvalue weighted by Crippen LogP contribution is -2.30. The van der Waals surface area contributed by atoms with Gasteiger partial charge in [-0.1, -0.05) is 19.9 Å². The van der Waals surface area contributed by atoms with Crippen molar-refractivity contribution in [2.75, 3.05) is 27.3 Å². The summed E-state index contributed by atoms with van der Waals surface area (Å²) in [5, 5.41) is 13.8. The fourth-order valence-electron chi connectivity index (χ4n) is 2.73. The number of amides is 1. The Morgan fingerprint density at radius 2 is 1.73 bits per heavy atom. The molecule has 0 fully saturated rings. The van der Waals surface area contributed by atoms with Gasteiger partial charge in [-0.3, -0.25) is 4.79 Å². The molecule has 0 spiro atoms. The number of phenols is 1. The van der Waals surface area contributed by atoms with Crippen LogP contribution in [0.2, 0.25) is 0 Å². The quantitative estimate of drug-likeness (QED) is 0.461. The van der Waals surface area contributed by atoms with Gasteiger partial charge in [0.25, 0.3) is 5.91 Å². The second-order valence-corrected chi connectivity index (χ2v) is 8.03. The number of methoxy groups -OCH3 is 2. The zero-order valence-electron chi connectivity index (χ0n) is 17.2. The maximum atomic E-state index is 12.6. The molecule has 0 atom stereocenters. The summed E-state index contributed by atoms with van der Waals surface area (Å²) < 4.78 is 36.7. The minimum absolute atomic E-state index is 0.0378. The van der Waals surface area contributed by atoms with Crippen molar-refractivity contribution in [3.8, 4) is 17.2 Å². The molecular formula is C20H25N3O6S. The van der Waals surface area contributed by atoms with Gasteiger partial charge in [-0.15, -0.1) is 0 Å². The SMILES string of the molecule is CCN(CC)S(=O)(=O)c1cccc(C(=O)NN=Cc2cc(OC)c(O)c(OC)c2)c1. The molecule has 2 aromatic carbocycles. The van der Waals surface area contributed by atoms with E-state index in [1.54, 1.807) is 13.8 Å². The second kappa shape index (κ2) is 10.1. The number of rotatable bonds is 9. The van der Waals surface area contributed by atoms with Crippen LogP contribution in [-0.2, 0) is 10.0 Å². The van der Waals surface area contributed by atoms with Crippen LogP contribution in [0.5, 0.6) is 17.2 Å². The maximum absolute atomic E-state index is 12.6. The highest BCUT2D eigenvalue weighted by molar-refractivity contribution is 7.89. The molecule has 0 bridgehead atoms. The summed E-state index contributed by atoms with van der Waals surface area (Å²) in [6.07, 6.45) is 1.35. The van der Waals surface area contributed by atoms with E-state index in [4.69, 9.17) is 9.47 Å². The molecule has 0 aliphatic rings. The van der Waals surface area contributed by atoms with E-state index in [1.807, 2.05) is 0 Å². The molecule has 0 radical (unpaired) electrons. The van der Waals surface area contributed by atoms with Crippen LogP contribution < -0.4 is 14.9 Å². The third-order valence-electron chi connectivity index (χ3n) is 4.32. The van der Waals surface area contributed by atoms with Crippen LogP contribution in [0.3, 0.4) is 0 Å². The van der Waals surface area contributed by atoms with Crippen LogP contribution in [0.25, 0.3) is 0 Å². The maximum Gasteiger partial charge on any atom is 0.271 e. The van der Waals surface area contributed by atoms with E-state index in [-0.39, 0.29) is 27.7 Å². The number of aromatic hydroxyl groups is 1. The number of nitrogens with one attached hydrogen (secondary N) is 1. The Morgan fingerprint density at radius 1 is 1.13 bits per heavy atom. The van der Waals surface area contributed by atoms with Crippen LogP contribution in [0.1, 0.15) is 29.8 Å². The van der Waals surface area contributed by atoms with Crippen LogP contribution in [0.4, 0.5) is 0 Å². The van der Waals surface area contributed by atoms with Gasteiger partial charge in [-0.05, 0) is 30.3 Å². The van der Waals surface area contributed by atoms with Crippen molar-refractivity contribution in [2.24, 2.45) is 5.10 Å². The molecule has 2 rings (SSSR count). The van der Waals surface area contributed by atoms with Gasteiger partial charge in [0.1, 0.15) is 0 Å². The van der Waals surface area contributed by atoms with Crippen molar-refractivity contribution in [1.82, 2.24) is 9.73 Å². The van der Waals surface area contributed by atoms with Crippen LogP contribution >= 0.6 is 0 Å². The molecule has 0 aliphatic carbocycles. The molecule has 9 nitrogen and oxygen atoms in total. The van der Waals surface area contributed by atoms with Crippen LogP contribution in [0.15, 0.2) is 46.4 Å². The van der Waals surface area contributed by atoms with E-state index in [0.717, 1.165) is 0 Å². The summed E-state index contributed by atoms with van der Waals surface area (Å²) in [4.78, 5) is 12.4. The standard InChI is InChI=1S/C20H25N3O6S/c1-5-23(6-2)30(26,27)16-9-7-8-15(12-16)20(25)22-21-13-14-10-17(28-3)19(24)18(11-14)29-4/h7-13,24H,5-6H2,1-4H3,(H,22,25). The summed E-state index contributed by atoms with van der Waals surface area (Å²) in [5.74, 6) is -0.333. The molecule has 0 aromatic heterocycles. The average molecular weight is 436 g/mol. The van der Waals surface area contributed by atoms with Crippen molar-refractivity contribution >= 4 is 22.1 Å². The average Bonchev–Trinajstić information content (AvgIpc) is 2.75. The number of carbonyl (C=O) groups is 1. The summed E-state index contributed by atoms with van der Waals surface area (Å²) in [6, 6.07) is 8.80. The van der Waals surface area contributed by atoms with Gasteiger partial charge < -0.3 is 14.6 Å². The summed E-state index contributed by atoms with van der Waals surface area (Å²) >= 11 is 0. The molecule has 162 valence electrons. The summed E-state index contributed by atoms with van der Waals surface area (Å²) in [6.45, 7) is 4.16. The predicted molar refractivity (Wildman–Crippen MR) is 113 cm³/mol. The van der Waals surface area contributed by atoms with Crippen LogP contribution in [0, 0.1) is 0 Å². The van der Waals surface area contributed by atoms with Crippen molar-refractivity contribution < 1.29 is 27.8 Å². The first-order valence-corrected chi connectivity index (χ1v) is 10.6. The molecule has 1 amide bonds. The fourth-order valence-corrected chi connectivity index (χ4v) is 4.23. The molecule has 2 aromatic rings. The molecule has 2 N–H and O–H groups in total. The highest BCUT2D eigenvalue weighted by Gasteiger charge is 2.22. The Kier molecular flexibility index (Phi) is 7.79. The van der Waals surface area contributed by atoms with Gasteiger partial charge in [-0.25, -0.2) is 13.8 Å². The number of carbonyl (C=O) groups excluding carboxylic acids is 1. The number of hydrogen-bond acceptors (Lipinski definition) is 7. The van der Waals surface area contributed by atoms with Crippen molar-refractivity contribution in [1.29, 1.82) is 0 Å². The van der Waals surface area contributed by atoms with E-state index < -0.39 is 15.9 Å². The molecule has 0 saturated carbocycles. The number of hydrazone groups is 1. The first-order chi connectivity index (χ1) is 14.3. The van der Waals surface area contributed by atoms with Crippen molar-refractivity contribution in [2.45, 2.75) is 18.7 Å². The largest absolute Gasteiger partial charge is 0.502 e. The van der Waals surface area contributed by atoms with Gasteiger partial charge >= 0.3 is 0 Å². The number of sulfonamides is 1. The van der Waals surface area contributed by atoms with Gasteiger partial charge in [0.15, 0.2) is 11.5 Å². The molecular weight excluding hydrogens is 410 g/mol. The Morgan fingerprint density at radius 3 is 2.27 bits per heavy atom. The highest BCUT2D eigenvalue weighted by atomic mass is 32.2. The van der Waals surface area contributed by atoms with Crippen molar-refractivity contribution in [3.63, 3.8) is 0 Å². The van der Waals surface area contributed by atoms with E-state index in [2.05, 4.69) is 10.5 Å². The fraction of sp³-hybridized carbons (Fsp3) is 0.300. The van der Waals surface area contributed by atoms with E-state index in [1.165, 1.54) is 61.1 Å². The van der Waals surface area contributed by atoms with Gasteiger partial charge in [0.05, 0.1) is 25.3 Å². The Balaban J connectivity index is 2.20. The number of hydrogen-bond donors (Lipinski definition) is 2. The third kappa shape index (κ3) is 5.08. The molecule has 0 saturated heterocycles. The van der Waals surface area contributed by atoms with Gasteiger partial charge in [0.2, 0.25) is 15.8 Å². The van der Waals surface area contributed by atoms with E-state index in [9.17, 15) is 18.3 Å². The lowest BCUT2D eigenvalue weighted by atomic mass is 10.2. The molecule has 30 heavy (non-hydrogen) atoms. The lowest BCUT2D eigenvalue weighted by Gasteiger charge is -2.18. The summed E-state index contributed by atoms with van der Waals surface area (Å²) in [7, 11) is -0.878. The normalized spacial score (nSPS) is 11.6. The third-order valence-corrected chi connectivity index (χ3v) is 6.37. The number of ether oxygens (including phenoxy) is 2. The highest BCUT2D eigenvalue weighted by Crippen LogP contribution is 2.36. The number of phenolic OH excluding ortho intramolecular Hbond substituents is 1. The Bertz CT molecular complexity index is 1010. The predicted octanol–water partition coefficient (Wildman–Crippen LogP) is 2.20. The van der Waals surface area contributed by atoms with Gasteiger partial charge in [-0.2, -0.15) is 9.41 Å². The minimum atomic E-state index is -3.68. The first-order valence-electron chi connectivity index (χ1n) is 9.17. The zero-order chi connectivity index (χ0) is 22.3. The number of nitrogens with zero attached hydrogens (tertiary/aromatic N) is 2. The molecule has 0 aliphatic heterocycles. The van der Waals surface area contributed by atoms with Gasteiger partial charge in [0, 0.05) is 24.2 Å². The van der Waals surface area contributed by atoms with Crippen LogP contribution in [-0.4, -0.2) is 57.3 Å². The smallest absolute Gasteiger partial charge is 0.271 e. The van der Waals surface area contributed by atoms with Crippen molar-refractivity contribution in [3.05, 3.63) is 47.5 Å².